The SMILES string of the molecule is OC(NCCC(F)(F)F)c1ccc(Cl)nc1. The van der Waals surface area contributed by atoms with Crippen LogP contribution in [-0.2, 0) is 0 Å². The van der Waals surface area contributed by atoms with E-state index in [2.05, 4.69) is 10.3 Å². The molecule has 0 aliphatic carbocycles. The van der Waals surface area contributed by atoms with Crippen LogP contribution in [0, 0.1) is 0 Å². The van der Waals surface area contributed by atoms with E-state index >= 15 is 0 Å². The Morgan fingerprint density at radius 2 is 2.12 bits per heavy atom. The highest BCUT2D eigenvalue weighted by atomic mass is 35.5. The van der Waals surface area contributed by atoms with Crippen LogP contribution in [0.1, 0.15) is 18.2 Å². The molecular formula is C9H10ClF3N2O. The highest BCUT2D eigenvalue weighted by Gasteiger charge is 2.26. The lowest BCUT2D eigenvalue weighted by Gasteiger charge is -2.13. The van der Waals surface area contributed by atoms with Gasteiger partial charge in [-0.1, -0.05) is 17.7 Å². The minimum atomic E-state index is -4.23. The fourth-order valence-corrected chi connectivity index (χ4v) is 1.13. The van der Waals surface area contributed by atoms with Crippen molar-refractivity contribution in [1.82, 2.24) is 10.3 Å². The molecule has 90 valence electrons. The summed E-state index contributed by atoms with van der Waals surface area (Å²) in [7, 11) is 0. The average molecular weight is 255 g/mol. The number of nitrogens with zero attached hydrogens (tertiary/aromatic N) is 1. The predicted octanol–water partition coefficient (Wildman–Crippen LogP) is 2.27. The number of hydrogen-bond donors (Lipinski definition) is 2. The Hall–Kier alpha value is -0.850. The minimum Gasteiger partial charge on any atom is -0.374 e. The van der Waals surface area contributed by atoms with Gasteiger partial charge in [-0.25, -0.2) is 4.98 Å². The molecule has 0 fully saturated rings. The Balaban J connectivity index is 2.41. The van der Waals surface area contributed by atoms with Crippen molar-refractivity contribution >= 4 is 11.6 Å². The van der Waals surface area contributed by atoms with E-state index in [1.165, 1.54) is 18.3 Å². The van der Waals surface area contributed by atoms with Gasteiger partial charge >= 0.3 is 6.18 Å². The zero-order valence-electron chi connectivity index (χ0n) is 8.13. The van der Waals surface area contributed by atoms with Crippen LogP contribution in [0.15, 0.2) is 18.3 Å². The van der Waals surface area contributed by atoms with Crippen molar-refractivity contribution in [3.8, 4) is 0 Å². The highest BCUT2D eigenvalue weighted by molar-refractivity contribution is 6.29. The first-order valence-electron chi connectivity index (χ1n) is 4.48. The van der Waals surface area contributed by atoms with Crippen molar-refractivity contribution in [3.63, 3.8) is 0 Å². The first-order valence-corrected chi connectivity index (χ1v) is 4.86. The third-order valence-electron chi connectivity index (χ3n) is 1.81. The van der Waals surface area contributed by atoms with Gasteiger partial charge in [-0.2, -0.15) is 13.2 Å². The summed E-state index contributed by atoms with van der Waals surface area (Å²) in [6, 6.07) is 2.94. The van der Waals surface area contributed by atoms with Crippen molar-refractivity contribution in [1.29, 1.82) is 0 Å². The Kier molecular flexibility index (Phi) is 4.52. The summed E-state index contributed by atoms with van der Waals surface area (Å²) < 4.78 is 35.4. The second kappa shape index (κ2) is 5.47. The lowest BCUT2D eigenvalue weighted by atomic mass is 10.2. The highest BCUT2D eigenvalue weighted by Crippen LogP contribution is 2.19. The summed E-state index contributed by atoms with van der Waals surface area (Å²) in [6.07, 6.45) is -5.10. The smallest absolute Gasteiger partial charge is 0.374 e. The number of aliphatic hydroxyl groups excluding tert-OH is 1. The summed E-state index contributed by atoms with van der Waals surface area (Å²) >= 11 is 5.52. The second-order valence-corrected chi connectivity index (χ2v) is 3.52. The van der Waals surface area contributed by atoms with Gasteiger partial charge in [-0.15, -0.1) is 0 Å². The summed E-state index contributed by atoms with van der Waals surface area (Å²) in [5.41, 5.74) is 0.367. The fraction of sp³-hybridized carbons (Fsp3) is 0.444. The number of aliphatic hydroxyl groups is 1. The Labute approximate surface area is 95.3 Å². The van der Waals surface area contributed by atoms with Gasteiger partial charge in [-0.3, -0.25) is 5.32 Å². The monoisotopic (exact) mass is 254 g/mol. The van der Waals surface area contributed by atoms with Gasteiger partial charge in [0, 0.05) is 18.3 Å². The predicted molar refractivity (Wildman–Crippen MR) is 52.9 cm³/mol. The number of pyridine rings is 1. The quantitative estimate of drug-likeness (QED) is 0.640. The third kappa shape index (κ3) is 4.78. The fourth-order valence-electron chi connectivity index (χ4n) is 1.02. The molecule has 0 amide bonds. The van der Waals surface area contributed by atoms with Gasteiger partial charge in [0.1, 0.15) is 11.4 Å². The molecule has 0 saturated carbocycles. The molecule has 0 bridgehead atoms. The molecule has 0 aliphatic heterocycles. The molecule has 7 heteroatoms. The number of hydrogen-bond acceptors (Lipinski definition) is 3. The largest absolute Gasteiger partial charge is 0.390 e. The Bertz CT molecular complexity index is 329. The normalized spacial score (nSPS) is 13.8. The lowest BCUT2D eigenvalue weighted by Crippen LogP contribution is -2.26. The molecule has 0 spiro atoms. The number of rotatable bonds is 4. The van der Waals surface area contributed by atoms with Gasteiger partial charge in [-0.05, 0) is 6.07 Å². The van der Waals surface area contributed by atoms with Crippen molar-refractivity contribution in [2.75, 3.05) is 6.54 Å². The van der Waals surface area contributed by atoms with Gasteiger partial charge in [0.05, 0.1) is 6.42 Å². The minimum absolute atomic E-state index is 0.256. The van der Waals surface area contributed by atoms with Gasteiger partial charge in [0.2, 0.25) is 0 Å². The molecule has 1 atom stereocenters. The van der Waals surface area contributed by atoms with Crippen LogP contribution in [0.5, 0.6) is 0 Å². The van der Waals surface area contributed by atoms with Crippen molar-refractivity contribution < 1.29 is 18.3 Å². The first-order chi connectivity index (χ1) is 7.38. The molecular weight excluding hydrogens is 245 g/mol. The first kappa shape index (κ1) is 13.2. The molecule has 0 aromatic carbocycles. The van der Waals surface area contributed by atoms with Crippen LogP contribution in [-0.4, -0.2) is 22.8 Å². The number of alkyl halides is 3. The van der Waals surface area contributed by atoms with Gasteiger partial charge < -0.3 is 5.11 Å². The standard InChI is InChI=1S/C9H10ClF3N2O/c10-7-2-1-6(5-15-7)8(16)14-4-3-9(11,12)13/h1-2,5,8,14,16H,3-4H2. The van der Waals surface area contributed by atoms with E-state index in [0.717, 1.165) is 0 Å². The van der Waals surface area contributed by atoms with E-state index in [-0.39, 0.29) is 11.7 Å². The summed E-state index contributed by atoms with van der Waals surface area (Å²) in [5.74, 6) is 0. The van der Waals surface area contributed by atoms with Crippen molar-refractivity contribution in [2.24, 2.45) is 0 Å². The summed E-state index contributed by atoms with van der Waals surface area (Å²) in [5, 5.41) is 12.0. The van der Waals surface area contributed by atoms with Crippen LogP contribution < -0.4 is 5.32 Å². The molecule has 2 N–H and O–H groups in total. The zero-order valence-corrected chi connectivity index (χ0v) is 8.89. The average Bonchev–Trinajstić information content (AvgIpc) is 2.16. The molecule has 1 unspecified atom stereocenters. The van der Waals surface area contributed by atoms with E-state index in [4.69, 9.17) is 11.6 Å². The van der Waals surface area contributed by atoms with Crippen LogP contribution in [0.2, 0.25) is 5.15 Å². The van der Waals surface area contributed by atoms with Crippen LogP contribution in [0.4, 0.5) is 13.2 Å². The Morgan fingerprint density at radius 3 is 2.62 bits per heavy atom. The lowest BCUT2D eigenvalue weighted by molar-refractivity contribution is -0.134. The Morgan fingerprint density at radius 1 is 1.44 bits per heavy atom. The van der Waals surface area contributed by atoms with E-state index in [9.17, 15) is 18.3 Å². The molecule has 1 heterocycles. The molecule has 0 radical (unpaired) electrons. The van der Waals surface area contributed by atoms with Gasteiger partial charge in [0.15, 0.2) is 0 Å². The van der Waals surface area contributed by atoms with Crippen LogP contribution in [0.3, 0.4) is 0 Å². The zero-order chi connectivity index (χ0) is 12.2. The van der Waals surface area contributed by atoms with E-state index in [0.29, 0.717) is 5.56 Å². The number of halogens is 4. The number of nitrogens with one attached hydrogen (secondary N) is 1. The van der Waals surface area contributed by atoms with Crippen molar-refractivity contribution in [3.05, 3.63) is 29.0 Å². The van der Waals surface area contributed by atoms with Crippen LogP contribution in [0.25, 0.3) is 0 Å². The molecule has 1 aromatic heterocycles. The van der Waals surface area contributed by atoms with Crippen molar-refractivity contribution in [2.45, 2.75) is 18.8 Å². The molecule has 16 heavy (non-hydrogen) atoms. The van der Waals surface area contributed by atoms with E-state index in [1.54, 1.807) is 0 Å². The second-order valence-electron chi connectivity index (χ2n) is 3.14. The number of aromatic nitrogens is 1. The molecule has 3 nitrogen and oxygen atoms in total. The summed E-state index contributed by atoms with van der Waals surface area (Å²) in [6.45, 7) is -0.354. The maximum atomic E-state index is 11.8. The third-order valence-corrected chi connectivity index (χ3v) is 2.04. The van der Waals surface area contributed by atoms with E-state index in [1.807, 2.05) is 0 Å². The topological polar surface area (TPSA) is 45.1 Å². The maximum absolute atomic E-state index is 11.8. The van der Waals surface area contributed by atoms with E-state index < -0.39 is 18.8 Å². The summed E-state index contributed by atoms with van der Waals surface area (Å²) in [4.78, 5) is 3.70. The molecule has 0 aliphatic rings. The maximum Gasteiger partial charge on any atom is 0.390 e. The molecule has 1 aromatic rings. The molecule has 0 saturated heterocycles. The van der Waals surface area contributed by atoms with Crippen LogP contribution >= 0.6 is 11.6 Å². The molecule has 1 rings (SSSR count). The van der Waals surface area contributed by atoms with Gasteiger partial charge in [0.25, 0.3) is 0 Å².